The van der Waals surface area contributed by atoms with Crippen molar-refractivity contribution in [3.05, 3.63) is 71.4 Å². The third-order valence-electron chi connectivity index (χ3n) is 3.71. The summed E-state index contributed by atoms with van der Waals surface area (Å²) < 4.78 is 36.3. The highest BCUT2D eigenvalue weighted by atomic mass is 19.2. The smallest absolute Gasteiger partial charge is 0.412 e. The summed E-state index contributed by atoms with van der Waals surface area (Å²) in [7, 11) is 1.08. The zero-order valence-electron chi connectivity index (χ0n) is 14.2. The summed E-state index contributed by atoms with van der Waals surface area (Å²) in [4.78, 5) is 28.0. The van der Waals surface area contributed by atoms with Gasteiger partial charge in [-0.05, 0) is 18.2 Å². The monoisotopic (exact) mass is 372 g/mol. The molecule has 138 valence electrons. The Morgan fingerprint density at radius 2 is 1.81 bits per heavy atom. The van der Waals surface area contributed by atoms with Crippen LogP contribution in [0.2, 0.25) is 0 Å². The van der Waals surface area contributed by atoms with Crippen LogP contribution in [0.1, 0.15) is 16.1 Å². The first kappa shape index (κ1) is 18.2. The fraction of sp³-hybridized carbons (Fsp3) is 0.105. The maximum absolute atomic E-state index is 13.4. The lowest BCUT2D eigenvalue weighted by Gasteiger charge is -2.11. The highest BCUT2D eigenvalue weighted by Crippen LogP contribution is 2.21. The van der Waals surface area contributed by atoms with Gasteiger partial charge in [0, 0.05) is 11.5 Å². The van der Waals surface area contributed by atoms with Crippen LogP contribution in [0.4, 0.5) is 19.3 Å². The van der Waals surface area contributed by atoms with E-state index in [1.54, 1.807) is 6.07 Å². The maximum atomic E-state index is 13.4. The van der Waals surface area contributed by atoms with E-state index in [0.29, 0.717) is 17.8 Å². The number of nitrogens with one attached hydrogen (secondary N) is 1. The molecular weight excluding hydrogens is 358 g/mol. The minimum Gasteiger partial charge on any atom is -0.465 e. The van der Waals surface area contributed by atoms with E-state index in [1.807, 2.05) is 30.3 Å². The highest BCUT2D eigenvalue weighted by molar-refractivity contribution is 5.99. The van der Waals surface area contributed by atoms with Gasteiger partial charge in [0.05, 0.1) is 29.6 Å². The standard InChI is InChI=1S/C19H14F2N2O4/c1-26-18(24)13-8-14(20)15(21)9-17(13)23-19(25)27-10-12-7-6-11-4-2-3-5-16(11)22-12/h2-9H,10H2,1H3,(H,23,25). The van der Waals surface area contributed by atoms with Crippen LogP contribution >= 0.6 is 0 Å². The highest BCUT2D eigenvalue weighted by Gasteiger charge is 2.19. The lowest BCUT2D eigenvalue weighted by Crippen LogP contribution is -2.17. The van der Waals surface area contributed by atoms with Gasteiger partial charge in [-0.3, -0.25) is 5.32 Å². The van der Waals surface area contributed by atoms with Gasteiger partial charge in [0.2, 0.25) is 0 Å². The Kier molecular flexibility index (Phi) is 5.25. The molecule has 3 aromatic rings. The molecule has 0 atom stereocenters. The summed E-state index contributed by atoms with van der Waals surface area (Å²) in [6.07, 6.45) is -0.957. The molecule has 1 N–H and O–H groups in total. The van der Waals surface area contributed by atoms with E-state index in [1.165, 1.54) is 0 Å². The van der Waals surface area contributed by atoms with Crippen LogP contribution in [0.3, 0.4) is 0 Å². The van der Waals surface area contributed by atoms with Crippen molar-refractivity contribution in [2.45, 2.75) is 6.61 Å². The fourth-order valence-electron chi connectivity index (χ4n) is 2.40. The van der Waals surface area contributed by atoms with Gasteiger partial charge in [-0.2, -0.15) is 0 Å². The molecule has 2 aromatic carbocycles. The third kappa shape index (κ3) is 4.17. The van der Waals surface area contributed by atoms with E-state index >= 15 is 0 Å². The number of methoxy groups -OCH3 is 1. The first-order valence-electron chi connectivity index (χ1n) is 7.83. The van der Waals surface area contributed by atoms with Gasteiger partial charge in [-0.25, -0.2) is 23.4 Å². The van der Waals surface area contributed by atoms with E-state index in [9.17, 15) is 18.4 Å². The Bertz CT molecular complexity index is 1020. The first-order valence-corrected chi connectivity index (χ1v) is 7.83. The molecule has 8 heteroatoms. The molecular formula is C19H14F2N2O4. The lowest BCUT2D eigenvalue weighted by atomic mass is 10.1. The van der Waals surface area contributed by atoms with Gasteiger partial charge in [-0.1, -0.05) is 24.3 Å². The molecule has 0 saturated carbocycles. The molecule has 0 aliphatic rings. The van der Waals surface area contributed by atoms with Crippen molar-refractivity contribution in [1.82, 2.24) is 4.98 Å². The SMILES string of the molecule is COC(=O)c1cc(F)c(F)cc1NC(=O)OCc1ccc2ccccc2n1. The number of hydrogen-bond acceptors (Lipinski definition) is 5. The van der Waals surface area contributed by atoms with Crippen molar-refractivity contribution in [2.24, 2.45) is 0 Å². The van der Waals surface area contributed by atoms with Gasteiger partial charge in [-0.15, -0.1) is 0 Å². The molecule has 1 heterocycles. The number of amides is 1. The van der Waals surface area contributed by atoms with Crippen molar-refractivity contribution in [3.8, 4) is 0 Å². The predicted molar refractivity (Wildman–Crippen MR) is 93.2 cm³/mol. The second kappa shape index (κ2) is 7.77. The van der Waals surface area contributed by atoms with Crippen molar-refractivity contribution >= 4 is 28.7 Å². The molecule has 27 heavy (non-hydrogen) atoms. The second-order valence-corrected chi connectivity index (χ2v) is 5.50. The number of benzene rings is 2. The summed E-state index contributed by atoms with van der Waals surface area (Å²) in [6, 6.07) is 12.3. The van der Waals surface area contributed by atoms with E-state index in [0.717, 1.165) is 18.0 Å². The number of anilines is 1. The molecule has 0 bridgehead atoms. The van der Waals surface area contributed by atoms with Crippen LogP contribution in [-0.4, -0.2) is 24.2 Å². The quantitative estimate of drug-likeness (QED) is 0.699. The summed E-state index contributed by atoms with van der Waals surface area (Å²) in [5.41, 5.74) is 0.643. The minimum atomic E-state index is -1.24. The molecule has 3 rings (SSSR count). The number of nitrogens with zero attached hydrogens (tertiary/aromatic N) is 1. The molecule has 1 amide bonds. The lowest BCUT2D eigenvalue weighted by molar-refractivity contribution is 0.0601. The average Bonchev–Trinajstić information content (AvgIpc) is 2.68. The van der Waals surface area contributed by atoms with Gasteiger partial charge in [0.1, 0.15) is 6.61 Å². The molecule has 0 aliphatic carbocycles. The molecule has 0 saturated heterocycles. The third-order valence-corrected chi connectivity index (χ3v) is 3.71. The number of carbonyl (C=O) groups is 2. The predicted octanol–water partition coefficient (Wildman–Crippen LogP) is 4.05. The summed E-state index contributed by atoms with van der Waals surface area (Å²) in [5, 5.41) is 3.14. The number of esters is 1. The topological polar surface area (TPSA) is 77.5 Å². The van der Waals surface area contributed by atoms with Crippen LogP contribution < -0.4 is 5.32 Å². The molecule has 0 fully saturated rings. The van der Waals surface area contributed by atoms with Crippen molar-refractivity contribution in [2.75, 3.05) is 12.4 Å². The number of pyridine rings is 1. The Hall–Kier alpha value is -3.55. The summed E-state index contributed by atoms with van der Waals surface area (Å²) in [5.74, 6) is -3.40. The minimum absolute atomic E-state index is 0.145. The number of carbonyl (C=O) groups excluding carboxylic acids is 2. The molecule has 1 aromatic heterocycles. The maximum Gasteiger partial charge on any atom is 0.412 e. The number of aromatic nitrogens is 1. The summed E-state index contributed by atoms with van der Waals surface area (Å²) in [6.45, 7) is -0.145. The number of rotatable bonds is 4. The second-order valence-electron chi connectivity index (χ2n) is 5.50. The Labute approximate surface area is 152 Å². The van der Waals surface area contributed by atoms with Gasteiger partial charge < -0.3 is 9.47 Å². The van der Waals surface area contributed by atoms with Crippen LogP contribution in [0.5, 0.6) is 0 Å². The normalized spacial score (nSPS) is 10.5. The molecule has 6 nitrogen and oxygen atoms in total. The largest absolute Gasteiger partial charge is 0.465 e. The first-order chi connectivity index (χ1) is 13.0. The van der Waals surface area contributed by atoms with Gasteiger partial charge in [0.25, 0.3) is 0 Å². The van der Waals surface area contributed by atoms with Crippen molar-refractivity contribution in [3.63, 3.8) is 0 Å². The Morgan fingerprint density at radius 1 is 1.07 bits per heavy atom. The zero-order chi connectivity index (χ0) is 19.4. The Morgan fingerprint density at radius 3 is 2.59 bits per heavy atom. The average molecular weight is 372 g/mol. The summed E-state index contributed by atoms with van der Waals surface area (Å²) >= 11 is 0. The van der Waals surface area contributed by atoms with Crippen molar-refractivity contribution in [1.29, 1.82) is 0 Å². The van der Waals surface area contributed by atoms with Gasteiger partial charge in [0.15, 0.2) is 11.6 Å². The molecule has 0 aliphatic heterocycles. The number of fused-ring (bicyclic) bond motifs is 1. The molecule has 0 unspecified atom stereocenters. The number of para-hydroxylation sites is 1. The van der Waals surface area contributed by atoms with Crippen LogP contribution in [0, 0.1) is 11.6 Å². The van der Waals surface area contributed by atoms with Crippen LogP contribution in [0.15, 0.2) is 48.5 Å². The van der Waals surface area contributed by atoms with E-state index < -0.39 is 23.7 Å². The van der Waals surface area contributed by atoms with E-state index in [2.05, 4.69) is 15.0 Å². The van der Waals surface area contributed by atoms with E-state index in [-0.39, 0.29) is 17.9 Å². The fourth-order valence-corrected chi connectivity index (χ4v) is 2.40. The van der Waals surface area contributed by atoms with Crippen LogP contribution in [0.25, 0.3) is 10.9 Å². The van der Waals surface area contributed by atoms with Gasteiger partial charge >= 0.3 is 12.1 Å². The van der Waals surface area contributed by atoms with Crippen molar-refractivity contribution < 1.29 is 27.8 Å². The molecule has 0 radical (unpaired) electrons. The van der Waals surface area contributed by atoms with E-state index in [4.69, 9.17) is 4.74 Å². The number of ether oxygens (including phenoxy) is 2. The number of hydrogen-bond donors (Lipinski definition) is 1. The Balaban J connectivity index is 1.71. The number of halogens is 2. The zero-order valence-corrected chi connectivity index (χ0v) is 14.2. The van der Waals surface area contributed by atoms with Crippen LogP contribution in [-0.2, 0) is 16.1 Å². The molecule has 0 spiro atoms.